The first-order valence-corrected chi connectivity index (χ1v) is 6.81. The zero-order valence-electron chi connectivity index (χ0n) is 10.9. The van der Waals surface area contributed by atoms with Crippen LogP contribution in [0.1, 0.15) is 44.9 Å². The summed E-state index contributed by atoms with van der Waals surface area (Å²) in [5.41, 5.74) is 0.604. The Morgan fingerprint density at radius 2 is 1.94 bits per heavy atom. The number of nitrogens with one attached hydrogen (secondary N) is 1. The van der Waals surface area contributed by atoms with Crippen molar-refractivity contribution in [1.29, 1.82) is 0 Å². The van der Waals surface area contributed by atoms with Gasteiger partial charge in [0.25, 0.3) is 0 Å². The molecule has 1 N–H and O–H groups in total. The van der Waals surface area contributed by atoms with E-state index < -0.39 is 0 Å². The van der Waals surface area contributed by atoms with E-state index in [1.807, 2.05) is 6.08 Å². The number of esters is 1. The summed E-state index contributed by atoms with van der Waals surface area (Å²) in [5.74, 6) is -0.731. The summed E-state index contributed by atoms with van der Waals surface area (Å²) < 4.78 is 4.74. The summed E-state index contributed by atoms with van der Waals surface area (Å²) in [6, 6.07) is 0.283. The van der Waals surface area contributed by atoms with E-state index in [4.69, 9.17) is 4.74 Å². The number of methoxy groups -OCH3 is 1. The number of rotatable bonds is 3. The van der Waals surface area contributed by atoms with Crippen molar-refractivity contribution in [3.63, 3.8) is 0 Å². The second-order valence-corrected chi connectivity index (χ2v) is 5.12. The van der Waals surface area contributed by atoms with Crippen LogP contribution < -0.4 is 5.32 Å². The second kappa shape index (κ2) is 6.03. The Labute approximate surface area is 108 Å². The normalized spacial score (nSPS) is 24.5. The molecule has 2 aliphatic rings. The van der Waals surface area contributed by atoms with Gasteiger partial charge in [-0.2, -0.15) is 0 Å². The predicted molar refractivity (Wildman–Crippen MR) is 67.8 cm³/mol. The molecular formula is C14H21NO3. The molecule has 1 fully saturated rings. The number of hydrogen-bond donors (Lipinski definition) is 1. The van der Waals surface area contributed by atoms with Crippen molar-refractivity contribution in [3.05, 3.63) is 11.6 Å². The number of carbonyl (C=O) groups is 2. The third-order valence-corrected chi connectivity index (χ3v) is 3.88. The molecule has 1 atom stereocenters. The van der Waals surface area contributed by atoms with Gasteiger partial charge in [-0.3, -0.25) is 9.59 Å². The van der Waals surface area contributed by atoms with Gasteiger partial charge in [-0.05, 0) is 25.7 Å². The van der Waals surface area contributed by atoms with Gasteiger partial charge in [-0.15, -0.1) is 0 Å². The van der Waals surface area contributed by atoms with Crippen LogP contribution in [-0.2, 0) is 14.3 Å². The molecule has 0 aromatic heterocycles. The average Bonchev–Trinajstić information content (AvgIpc) is 2.88. The molecule has 0 aromatic rings. The van der Waals surface area contributed by atoms with E-state index >= 15 is 0 Å². The Morgan fingerprint density at radius 1 is 1.22 bits per heavy atom. The first kappa shape index (κ1) is 13.1. The van der Waals surface area contributed by atoms with Crippen LogP contribution in [0.25, 0.3) is 0 Å². The SMILES string of the molecule is COC(=O)[C@@H]1CCC=C1C(=O)NC1CCCCC1. The van der Waals surface area contributed by atoms with Crippen LogP contribution in [0.4, 0.5) is 0 Å². The minimum absolute atomic E-state index is 0.0743. The van der Waals surface area contributed by atoms with Gasteiger partial charge in [0.2, 0.25) is 5.91 Å². The molecule has 0 radical (unpaired) electrons. The zero-order chi connectivity index (χ0) is 13.0. The largest absolute Gasteiger partial charge is 0.469 e. The molecule has 1 amide bonds. The molecule has 0 unspecified atom stereocenters. The van der Waals surface area contributed by atoms with E-state index in [1.54, 1.807) is 0 Å². The van der Waals surface area contributed by atoms with Gasteiger partial charge in [-0.1, -0.05) is 25.3 Å². The Kier molecular flexibility index (Phi) is 4.39. The summed E-state index contributed by atoms with van der Waals surface area (Å²) >= 11 is 0. The van der Waals surface area contributed by atoms with Gasteiger partial charge < -0.3 is 10.1 Å². The summed E-state index contributed by atoms with van der Waals surface area (Å²) in [5, 5.41) is 3.05. The minimum Gasteiger partial charge on any atom is -0.469 e. The molecule has 0 aliphatic heterocycles. The number of amides is 1. The quantitative estimate of drug-likeness (QED) is 0.780. The Hall–Kier alpha value is -1.32. The van der Waals surface area contributed by atoms with Crippen molar-refractivity contribution in [1.82, 2.24) is 5.32 Å². The molecule has 0 bridgehead atoms. The lowest BCUT2D eigenvalue weighted by atomic mass is 9.94. The molecule has 4 nitrogen and oxygen atoms in total. The van der Waals surface area contributed by atoms with E-state index in [-0.39, 0.29) is 23.8 Å². The fourth-order valence-electron chi connectivity index (χ4n) is 2.86. The number of ether oxygens (including phenoxy) is 1. The van der Waals surface area contributed by atoms with E-state index in [9.17, 15) is 9.59 Å². The van der Waals surface area contributed by atoms with E-state index in [1.165, 1.54) is 26.4 Å². The Bertz CT molecular complexity index is 356. The van der Waals surface area contributed by atoms with Gasteiger partial charge >= 0.3 is 5.97 Å². The molecule has 18 heavy (non-hydrogen) atoms. The number of allylic oxidation sites excluding steroid dienone is 1. The fraction of sp³-hybridized carbons (Fsp3) is 0.714. The fourth-order valence-corrected chi connectivity index (χ4v) is 2.86. The molecule has 2 aliphatic carbocycles. The van der Waals surface area contributed by atoms with E-state index in [0.29, 0.717) is 12.0 Å². The first-order chi connectivity index (χ1) is 8.72. The maximum Gasteiger partial charge on any atom is 0.313 e. The van der Waals surface area contributed by atoms with Gasteiger partial charge in [0.05, 0.1) is 13.0 Å². The zero-order valence-corrected chi connectivity index (χ0v) is 10.9. The average molecular weight is 251 g/mol. The summed E-state index contributed by atoms with van der Waals surface area (Å²) in [7, 11) is 1.37. The molecule has 0 spiro atoms. The number of hydrogen-bond acceptors (Lipinski definition) is 3. The standard InChI is InChI=1S/C14H21NO3/c1-18-14(17)12-9-5-8-11(12)13(16)15-10-6-3-2-4-7-10/h8,10,12H,2-7,9H2,1H3,(H,15,16)/t12-/m1/s1. The van der Waals surface area contributed by atoms with Crippen molar-refractivity contribution >= 4 is 11.9 Å². The van der Waals surface area contributed by atoms with Crippen molar-refractivity contribution in [2.75, 3.05) is 7.11 Å². The lowest BCUT2D eigenvalue weighted by Crippen LogP contribution is -2.38. The number of carbonyl (C=O) groups excluding carboxylic acids is 2. The van der Waals surface area contributed by atoms with Crippen LogP contribution in [-0.4, -0.2) is 25.0 Å². The molecule has 2 rings (SSSR count). The van der Waals surface area contributed by atoms with Gasteiger partial charge in [0, 0.05) is 11.6 Å². The maximum atomic E-state index is 12.2. The third-order valence-electron chi connectivity index (χ3n) is 3.88. The van der Waals surface area contributed by atoms with E-state index in [2.05, 4.69) is 5.32 Å². The topological polar surface area (TPSA) is 55.4 Å². The van der Waals surface area contributed by atoms with Crippen LogP contribution >= 0.6 is 0 Å². The molecule has 0 heterocycles. The van der Waals surface area contributed by atoms with Crippen molar-refractivity contribution in [2.24, 2.45) is 5.92 Å². The van der Waals surface area contributed by atoms with Crippen molar-refractivity contribution < 1.29 is 14.3 Å². The Balaban J connectivity index is 1.93. The van der Waals surface area contributed by atoms with Crippen LogP contribution in [0, 0.1) is 5.92 Å². The maximum absolute atomic E-state index is 12.2. The highest BCUT2D eigenvalue weighted by atomic mass is 16.5. The van der Waals surface area contributed by atoms with Crippen molar-refractivity contribution in [3.8, 4) is 0 Å². The summed E-state index contributed by atoms with van der Waals surface area (Å²) in [6.45, 7) is 0. The lowest BCUT2D eigenvalue weighted by Gasteiger charge is -2.23. The van der Waals surface area contributed by atoms with E-state index in [0.717, 1.165) is 19.3 Å². The summed E-state index contributed by atoms with van der Waals surface area (Å²) in [4.78, 5) is 23.7. The van der Waals surface area contributed by atoms with Gasteiger partial charge in [-0.25, -0.2) is 0 Å². The monoisotopic (exact) mass is 251 g/mol. The second-order valence-electron chi connectivity index (χ2n) is 5.12. The predicted octanol–water partition coefficient (Wildman–Crippen LogP) is 1.94. The van der Waals surface area contributed by atoms with Crippen LogP contribution in [0.5, 0.6) is 0 Å². The smallest absolute Gasteiger partial charge is 0.313 e. The Morgan fingerprint density at radius 3 is 2.61 bits per heavy atom. The van der Waals surface area contributed by atoms with Crippen LogP contribution in [0.2, 0.25) is 0 Å². The lowest BCUT2D eigenvalue weighted by molar-refractivity contribution is -0.144. The van der Waals surface area contributed by atoms with Gasteiger partial charge in [0.15, 0.2) is 0 Å². The highest BCUT2D eigenvalue weighted by Gasteiger charge is 2.32. The molecule has 4 heteroatoms. The highest BCUT2D eigenvalue weighted by Crippen LogP contribution is 2.27. The van der Waals surface area contributed by atoms with Crippen LogP contribution in [0.3, 0.4) is 0 Å². The molecule has 0 saturated heterocycles. The highest BCUT2D eigenvalue weighted by molar-refractivity contribution is 5.99. The summed E-state index contributed by atoms with van der Waals surface area (Å²) in [6.07, 6.45) is 9.10. The molecule has 1 saturated carbocycles. The molecule has 0 aromatic carbocycles. The third kappa shape index (κ3) is 2.92. The van der Waals surface area contributed by atoms with Crippen molar-refractivity contribution in [2.45, 2.75) is 51.0 Å². The first-order valence-electron chi connectivity index (χ1n) is 6.81. The van der Waals surface area contributed by atoms with Crippen LogP contribution in [0.15, 0.2) is 11.6 Å². The minimum atomic E-state index is -0.362. The molecular weight excluding hydrogens is 230 g/mol. The van der Waals surface area contributed by atoms with Gasteiger partial charge in [0.1, 0.15) is 0 Å². The molecule has 100 valence electrons.